The highest BCUT2D eigenvalue weighted by atomic mass is 32.2. The fourth-order valence-corrected chi connectivity index (χ4v) is 6.27. The summed E-state index contributed by atoms with van der Waals surface area (Å²) in [7, 11) is 0. The average Bonchev–Trinajstić information content (AvgIpc) is 3.24. The van der Waals surface area contributed by atoms with Gasteiger partial charge in [-0.05, 0) is 44.7 Å². The number of benzene rings is 1. The molecule has 0 saturated heterocycles. The lowest BCUT2D eigenvalue weighted by Crippen LogP contribution is -2.22. The number of carbonyl (C=O) groups excluding carboxylic acids is 2. The van der Waals surface area contributed by atoms with Crippen molar-refractivity contribution in [3.8, 4) is 0 Å². The molecule has 8 nitrogen and oxygen atoms in total. The average molecular weight is 511 g/mol. The molecule has 184 valence electrons. The standard InChI is InChI=1S/C25H30N6O2S2/c1-3-21-29-30-25(31(21)18-9-10-18)35-14-17-13-34-24(26-17)28-23(33)27-20-11-8-15(2)12-19(20)22(32)16-6-4-5-7-16/h8,11-13,16,18H,3-7,9-10,14H2,1-2H3,(H2,26,27,28,33). The van der Waals surface area contributed by atoms with Crippen LogP contribution in [0.1, 0.15) is 78.9 Å². The number of ketones is 1. The van der Waals surface area contributed by atoms with E-state index < -0.39 is 6.03 Å². The largest absolute Gasteiger partial charge is 0.325 e. The molecule has 2 fully saturated rings. The molecular weight excluding hydrogens is 480 g/mol. The van der Waals surface area contributed by atoms with E-state index in [9.17, 15) is 9.59 Å². The highest BCUT2D eigenvalue weighted by Gasteiger charge is 2.29. The van der Waals surface area contributed by atoms with Crippen LogP contribution >= 0.6 is 23.1 Å². The number of rotatable bonds is 9. The third-order valence-electron chi connectivity index (χ3n) is 6.50. The van der Waals surface area contributed by atoms with E-state index in [0.29, 0.717) is 28.2 Å². The molecule has 2 saturated carbocycles. The minimum Gasteiger partial charge on any atom is -0.307 e. The molecule has 0 radical (unpaired) electrons. The summed E-state index contributed by atoms with van der Waals surface area (Å²) in [5, 5.41) is 17.8. The molecule has 1 aromatic carbocycles. The first-order valence-electron chi connectivity index (χ1n) is 12.3. The lowest BCUT2D eigenvalue weighted by molar-refractivity contribution is 0.0923. The summed E-state index contributed by atoms with van der Waals surface area (Å²) in [5.41, 5.74) is 3.02. The molecule has 10 heteroatoms. The zero-order chi connectivity index (χ0) is 24.4. The summed E-state index contributed by atoms with van der Waals surface area (Å²) in [6.07, 6.45) is 7.29. The number of aryl methyl sites for hydroxylation is 2. The quantitative estimate of drug-likeness (QED) is 0.261. The number of aromatic nitrogens is 4. The molecular formula is C25H30N6O2S2. The SMILES string of the molecule is CCc1nnc(SCc2csc(NC(=O)Nc3ccc(C)cc3C(=O)C3CCCC3)n2)n1C1CC1. The van der Waals surface area contributed by atoms with Gasteiger partial charge in [-0.15, -0.1) is 21.5 Å². The maximum atomic E-state index is 13.0. The fraction of sp³-hybridized carbons (Fsp3) is 0.480. The summed E-state index contributed by atoms with van der Waals surface area (Å²) in [4.78, 5) is 30.3. The third kappa shape index (κ3) is 5.59. The predicted molar refractivity (Wildman–Crippen MR) is 139 cm³/mol. The summed E-state index contributed by atoms with van der Waals surface area (Å²) < 4.78 is 2.26. The Hall–Kier alpha value is -2.72. The molecule has 2 N–H and O–H groups in total. The molecule has 2 aromatic heterocycles. The van der Waals surface area contributed by atoms with Crippen LogP contribution < -0.4 is 10.6 Å². The fourth-order valence-electron chi connectivity index (χ4n) is 4.55. The highest BCUT2D eigenvalue weighted by Crippen LogP contribution is 2.39. The first-order chi connectivity index (χ1) is 17.0. The van der Waals surface area contributed by atoms with Gasteiger partial charge < -0.3 is 9.88 Å². The molecule has 0 unspecified atom stereocenters. The number of amides is 2. The van der Waals surface area contributed by atoms with E-state index >= 15 is 0 Å². The normalized spacial score (nSPS) is 15.9. The molecule has 0 bridgehead atoms. The van der Waals surface area contributed by atoms with E-state index in [0.717, 1.165) is 54.3 Å². The van der Waals surface area contributed by atoms with Gasteiger partial charge in [0, 0.05) is 35.1 Å². The Labute approximate surface area is 213 Å². The predicted octanol–water partition coefficient (Wildman–Crippen LogP) is 6.25. The van der Waals surface area contributed by atoms with Crippen molar-refractivity contribution >= 4 is 45.7 Å². The van der Waals surface area contributed by atoms with E-state index in [1.54, 1.807) is 11.8 Å². The van der Waals surface area contributed by atoms with E-state index in [2.05, 4.69) is 37.3 Å². The van der Waals surface area contributed by atoms with Crippen LogP contribution in [0.15, 0.2) is 28.7 Å². The Morgan fingerprint density at radius 3 is 2.69 bits per heavy atom. The number of urea groups is 1. The van der Waals surface area contributed by atoms with Gasteiger partial charge in [0.05, 0.1) is 11.4 Å². The van der Waals surface area contributed by atoms with E-state index in [-0.39, 0.29) is 11.7 Å². The summed E-state index contributed by atoms with van der Waals surface area (Å²) in [5.74, 6) is 1.87. The number of nitrogens with one attached hydrogen (secondary N) is 2. The molecule has 2 amide bonds. The number of Topliss-reactive ketones (excluding diaryl/α,β-unsaturated/α-hetero) is 1. The number of anilines is 2. The van der Waals surface area contributed by atoms with Crippen LogP contribution in [0.5, 0.6) is 0 Å². The maximum Gasteiger partial charge on any atom is 0.325 e. The van der Waals surface area contributed by atoms with Crippen LogP contribution in [-0.4, -0.2) is 31.6 Å². The minimum atomic E-state index is -0.399. The number of thioether (sulfide) groups is 1. The first kappa shape index (κ1) is 24.0. The molecule has 2 aliphatic carbocycles. The Bertz CT molecular complexity index is 1230. The van der Waals surface area contributed by atoms with E-state index in [1.807, 2.05) is 30.5 Å². The second kappa shape index (κ2) is 10.5. The Kier molecular flexibility index (Phi) is 7.19. The topological polar surface area (TPSA) is 102 Å². The summed E-state index contributed by atoms with van der Waals surface area (Å²) in [6.45, 7) is 4.06. The highest BCUT2D eigenvalue weighted by molar-refractivity contribution is 7.98. The maximum absolute atomic E-state index is 13.0. The van der Waals surface area contributed by atoms with Crippen molar-refractivity contribution in [1.29, 1.82) is 0 Å². The van der Waals surface area contributed by atoms with Crippen molar-refractivity contribution < 1.29 is 9.59 Å². The first-order valence-corrected chi connectivity index (χ1v) is 14.1. The number of hydrogen-bond acceptors (Lipinski definition) is 7. The van der Waals surface area contributed by atoms with Gasteiger partial charge in [-0.25, -0.2) is 9.78 Å². The number of nitrogens with zero attached hydrogens (tertiary/aromatic N) is 4. The van der Waals surface area contributed by atoms with Gasteiger partial charge in [-0.1, -0.05) is 43.2 Å². The third-order valence-corrected chi connectivity index (χ3v) is 8.28. The zero-order valence-corrected chi connectivity index (χ0v) is 21.7. The molecule has 0 spiro atoms. The van der Waals surface area contributed by atoms with Crippen molar-refractivity contribution in [2.75, 3.05) is 10.6 Å². The lowest BCUT2D eigenvalue weighted by atomic mass is 9.94. The summed E-state index contributed by atoms with van der Waals surface area (Å²) in [6, 6.07) is 5.72. The van der Waals surface area contributed by atoms with Crippen LogP contribution in [-0.2, 0) is 12.2 Å². The summed E-state index contributed by atoms with van der Waals surface area (Å²) >= 11 is 3.01. The van der Waals surface area contributed by atoms with Crippen molar-refractivity contribution in [2.24, 2.45) is 5.92 Å². The smallest absolute Gasteiger partial charge is 0.307 e. The van der Waals surface area contributed by atoms with Crippen LogP contribution in [0, 0.1) is 12.8 Å². The van der Waals surface area contributed by atoms with Gasteiger partial charge >= 0.3 is 6.03 Å². The number of carbonyl (C=O) groups is 2. The molecule has 3 aromatic rings. The number of thiazole rings is 1. The number of hydrogen-bond donors (Lipinski definition) is 2. The van der Waals surface area contributed by atoms with Crippen LogP contribution in [0.25, 0.3) is 0 Å². The molecule has 35 heavy (non-hydrogen) atoms. The van der Waals surface area contributed by atoms with Crippen LogP contribution in [0.3, 0.4) is 0 Å². The zero-order valence-electron chi connectivity index (χ0n) is 20.0. The van der Waals surface area contributed by atoms with Gasteiger partial charge in [0.2, 0.25) is 0 Å². The van der Waals surface area contributed by atoms with Crippen molar-refractivity contribution in [1.82, 2.24) is 19.7 Å². The molecule has 0 atom stereocenters. The monoisotopic (exact) mass is 510 g/mol. The Balaban J connectivity index is 1.20. The Morgan fingerprint density at radius 1 is 1.14 bits per heavy atom. The van der Waals surface area contributed by atoms with Crippen LogP contribution in [0.4, 0.5) is 15.6 Å². The van der Waals surface area contributed by atoms with Gasteiger partial charge in [-0.3, -0.25) is 10.1 Å². The van der Waals surface area contributed by atoms with Crippen molar-refractivity contribution in [3.63, 3.8) is 0 Å². The lowest BCUT2D eigenvalue weighted by Gasteiger charge is -2.14. The van der Waals surface area contributed by atoms with Crippen molar-refractivity contribution in [3.05, 3.63) is 46.2 Å². The molecule has 5 rings (SSSR count). The second-order valence-electron chi connectivity index (χ2n) is 9.26. The van der Waals surface area contributed by atoms with E-state index in [4.69, 9.17) is 0 Å². The van der Waals surface area contributed by atoms with Crippen LogP contribution in [0.2, 0.25) is 0 Å². The van der Waals surface area contributed by atoms with Crippen molar-refractivity contribution in [2.45, 2.75) is 75.7 Å². The van der Waals surface area contributed by atoms with Gasteiger partial charge in [0.1, 0.15) is 5.82 Å². The van der Waals surface area contributed by atoms with E-state index in [1.165, 1.54) is 24.2 Å². The molecule has 2 aliphatic rings. The van der Waals surface area contributed by atoms with Gasteiger partial charge in [0.15, 0.2) is 16.1 Å². The Morgan fingerprint density at radius 2 is 1.94 bits per heavy atom. The minimum absolute atomic E-state index is 0.0542. The second-order valence-corrected chi connectivity index (χ2v) is 11.1. The molecule has 2 heterocycles. The van der Waals surface area contributed by atoms with Gasteiger partial charge in [0.25, 0.3) is 0 Å². The van der Waals surface area contributed by atoms with Gasteiger partial charge in [-0.2, -0.15) is 0 Å². The molecule has 0 aliphatic heterocycles.